The van der Waals surface area contributed by atoms with E-state index in [2.05, 4.69) is 123 Å². The highest BCUT2D eigenvalue weighted by Gasteiger charge is 2.25. The molecular formula is C55H94NO7P. The van der Waals surface area contributed by atoms with Crippen LogP contribution in [0.1, 0.15) is 194 Å². The van der Waals surface area contributed by atoms with Gasteiger partial charge in [-0.3, -0.25) is 13.8 Å². The summed E-state index contributed by atoms with van der Waals surface area (Å²) < 4.78 is 33.6. The average molecular weight is 912 g/mol. The SMILES string of the molecule is CC/C=C\C/C=C\C/C=C\C/C=C\C/C=C\CCCCCCOCC(COP(=O)(O)OCCN)OC(=O)CCCCCCCCCCCCCC/C=C\C/C=C\C/C=C\C/C=C\CC. The highest BCUT2D eigenvalue weighted by Crippen LogP contribution is 2.43. The zero-order valence-electron chi connectivity index (χ0n) is 40.7. The van der Waals surface area contributed by atoms with Crippen molar-refractivity contribution in [2.24, 2.45) is 5.73 Å². The molecule has 0 aromatic heterocycles. The lowest BCUT2D eigenvalue weighted by Crippen LogP contribution is -2.28. The van der Waals surface area contributed by atoms with E-state index in [0.29, 0.717) is 13.0 Å². The lowest BCUT2D eigenvalue weighted by molar-refractivity contribution is -0.154. The average Bonchev–Trinajstić information content (AvgIpc) is 3.29. The molecule has 64 heavy (non-hydrogen) atoms. The summed E-state index contributed by atoms with van der Waals surface area (Å²) in [5.74, 6) is -0.346. The number of carbonyl (C=O) groups is 1. The van der Waals surface area contributed by atoms with Crippen LogP contribution in [0.25, 0.3) is 0 Å². The van der Waals surface area contributed by atoms with Crippen molar-refractivity contribution < 1.29 is 32.8 Å². The molecule has 0 aliphatic rings. The summed E-state index contributed by atoms with van der Waals surface area (Å²) in [4.78, 5) is 22.6. The Morgan fingerprint density at radius 2 is 0.828 bits per heavy atom. The van der Waals surface area contributed by atoms with Crippen molar-refractivity contribution in [1.82, 2.24) is 0 Å². The number of hydrogen-bond donors (Lipinski definition) is 2. The maximum absolute atomic E-state index is 12.7. The molecule has 366 valence electrons. The maximum atomic E-state index is 12.7. The zero-order chi connectivity index (χ0) is 46.5. The van der Waals surface area contributed by atoms with E-state index in [1.54, 1.807) is 0 Å². The van der Waals surface area contributed by atoms with E-state index in [1.165, 1.54) is 64.2 Å². The van der Waals surface area contributed by atoms with Gasteiger partial charge < -0.3 is 20.1 Å². The molecule has 8 nitrogen and oxygen atoms in total. The van der Waals surface area contributed by atoms with Crippen molar-refractivity contribution in [3.63, 3.8) is 0 Å². The second kappa shape index (κ2) is 51.1. The summed E-state index contributed by atoms with van der Waals surface area (Å²) in [5.41, 5.74) is 5.39. The lowest BCUT2D eigenvalue weighted by atomic mass is 10.0. The number of esters is 1. The Kier molecular flexibility index (Phi) is 48.9. The van der Waals surface area contributed by atoms with Gasteiger partial charge in [-0.25, -0.2) is 4.57 Å². The largest absolute Gasteiger partial charge is 0.472 e. The molecule has 0 radical (unpaired) electrons. The fourth-order valence-corrected chi connectivity index (χ4v) is 7.31. The second-order valence-electron chi connectivity index (χ2n) is 16.3. The molecule has 0 heterocycles. The molecule has 0 bridgehead atoms. The number of nitrogens with two attached hydrogens (primary N) is 1. The fourth-order valence-electron chi connectivity index (χ4n) is 6.54. The second-order valence-corrected chi connectivity index (χ2v) is 17.7. The Morgan fingerprint density at radius 3 is 1.23 bits per heavy atom. The van der Waals surface area contributed by atoms with Crippen molar-refractivity contribution in [1.29, 1.82) is 0 Å². The Morgan fingerprint density at radius 1 is 0.469 bits per heavy atom. The van der Waals surface area contributed by atoms with E-state index in [0.717, 1.165) is 109 Å². The van der Waals surface area contributed by atoms with Gasteiger partial charge in [0.2, 0.25) is 0 Å². The van der Waals surface area contributed by atoms with Gasteiger partial charge in [-0.15, -0.1) is 0 Å². The molecule has 2 unspecified atom stereocenters. The molecule has 0 amide bonds. The van der Waals surface area contributed by atoms with Crippen LogP contribution in [0.4, 0.5) is 0 Å². The van der Waals surface area contributed by atoms with Crippen LogP contribution in [0.5, 0.6) is 0 Å². The van der Waals surface area contributed by atoms with Gasteiger partial charge in [-0.05, 0) is 96.3 Å². The summed E-state index contributed by atoms with van der Waals surface area (Å²) in [6.45, 7) is 4.62. The minimum atomic E-state index is -4.30. The van der Waals surface area contributed by atoms with Crippen molar-refractivity contribution in [2.45, 2.75) is 200 Å². The quantitative estimate of drug-likeness (QED) is 0.0268. The van der Waals surface area contributed by atoms with Crippen molar-refractivity contribution in [3.05, 3.63) is 109 Å². The molecule has 3 N–H and O–H groups in total. The highest BCUT2D eigenvalue weighted by atomic mass is 31.2. The standard InChI is InChI=1S/C55H94NO7P/c1-3-5-7-9-11-13-15-17-19-21-23-25-26-27-28-29-30-32-34-36-38-40-42-44-46-48-55(57)63-54(53-62-64(58,59)61-51-49-56)52-60-50-47-45-43-41-39-37-35-33-31-24-22-20-18-16-14-12-10-8-6-4-2/h5-8,11-14,17-20,23-25,31,35,37,54H,3-4,9-10,15-16,21-22,26-30,32-34,36,38-53,56H2,1-2H3,(H,58,59)/b7-5-,8-6-,13-11-,14-12-,19-17-,20-18-,25-23-,31-24-,37-35-. The third-order valence-corrected chi connectivity index (χ3v) is 11.2. The first-order valence-electron chi connectivity index (χ1n) is 25.4. The zero-order valence-corrected chi connectivity index (χ0v) is 41.6. The first-order valence-corrected chi connectivity index (χ1v) is 26.9. The monoisotopic (exact) mass is 912 g/mol. The summed E-state index contributed by atoms with van der Waals surface area (Å²) in [5, 5.41) is 0. The number of ether oxygens (including phenoxy) is 2. The molecule has 0 fully saturated rings. The minimum absolute atomic E-state index is 0.0896. The smallest absolute Gasteiger partial charge is 0.457 e. The van der Waals surface area contributed by atoms with E-state index in [-0.39, 0.29) is 32.3 Å². The van der Waals surface area contributed by atoms with Crippen molar-refractivity contribution in [3.8, 4) is 0 Å². The number of hydrogen-bond acceptors (Lipinski definition) is 7. The molecule has 0 aromatic rings. The summed E-state index contributed by atoms with van der Waals surface area (Å²) >= 11 is 0. The molecule has 0 aromatic carbocycles. The van der Waals surface area contributed by atoms with E-state index < -0.39 is 13.9 Å². The van der Waals surface area contributed by atoms with Crippen molar-refractivity contribution in [2.75, 3.05) is 33.0 Å². The van der Waals surface area contributed by atoms with Crippen LogP contribution in [0.2, 0.25) is 0 Å². The predicted molar refractivity (Wildman–Crippen MR) is 274 cm³/mol. The van der Waals surface area contributed by atoms with Gasteiger partial charge >= 0.3 is 13.8 Å². The number of rotatable bonds is 47. The molecule has 2 atom stereocenters. The third-order valence-electron chi connectivity index (χ3n) is 10.2. The minimum Gasteiger partial charge on any atom is -0.457 e. The van der Waals surface area contributed by atoms with Crippen LogP contribution in [0.3, 0.4) is 0 Å². The number of allylic oxidation sites excluding steroid dienone is 18. The highest BCUT2D eigenvalue weighted by molar-refractivity contribution is 7.47. The Labute approximate surface area is 393 Å². The van der Waals surface area contributed by atoms with Gasteiger partial charge in [-0.2, -0.15) is 0 Å². The van der Waals surface area contributed by atoms with Crippen LogP contribution >= 0.6 is 7.82 Å². The van der Waals surface area contributed by atoms with Crippen LogP contribution in [0, 0.1) is 0 Å². The van der Waals surface area contributed by atoms with Crippen LogP contribution in [-0.4, -0.2) is 49.9 Å². The summed E-state index contributed by atoms with van der Waals surface area (Å²) in [7, 11) is -4.30. The van der Waals surface area contributed by atoms with Crippen LogP contribution in [0.15, 0.2) is 109 Å². The summed E-state index contributed by atoms with van der Waals surface area (Å²) in [6.07, 6.45) is 69.8. The first kappa shape index (κ1) is 61.2. The number of carbonyl (C=O) groups excluding carboxylic acids is 1. The Hall–Kier alpha value is -2.84. The van der Waals surface area contributed by atoms with Gasteiger partial charge in [0.25, 0.3) is 0 Å². The lowest BCUT2D eigenvalue weighted by Gasteiger charge is -2.20. The van der Waals surface area contributed by atoms with Gasteiger partial charge in [0.05, 0.1) is 19.8 Å². The summed E-state index contributed by atoms with van der Waals surface area (Å²) in [6, 6.07) is 0. The van der Waals surface area contributed by atoms with Crippen LogP contribution in [-0.2, 0) is 27.9 Å². The van der Waals surface area contributed by atoms with E-state index in [9.17, 15) is 14.3 Å². The van der Waals surface area contributed by atoms with Crippen LogP contribution < -0.4 is 5.73 Å². The molecule has 0 aliphatic carbocycles. The van der Waals surface area contributed by atoms with Gasteiger partial charge in [0, 0.05) is 19.6 Å². The fraction of sp³-hybridized carbons (Fsp3) is 0.655. The van der Waals surface area contributed by atoms with E-state index in [1.807, 2.05) is 0 Å². The first-order chi connectivity index (χ1) is 31.4. The maximum Gasteiger partial charge on any atom is 0.472 e. The molecule has 0 aliphatic heterocycles. The Balaban J connectivity index is 4.02. The van der Waals surface area contributed by atoms with Crippen molar-refractivity contribution >= 4 is 13.8 Å². The molecule has 0 saturated heterocycles. The van der Waals surface area contributed by atoms with E-state index in [4.69, 9.17) is 24.3 Å². The van der Waals surface area contributed by atoms with Gasteiger partial charge in [0.15, 0.2) is 0 Å². The molecule has 9 heteroatoms. The third kappa shape index (κ3) is 50.2. The predicted octanol–water partition coefficient (Wildman–Crippen LogP) is 16.0. The molecule has 0 rings (SSSR count). The molecular weight excluding hydrogens is 818 g/mol. The normalized spacial score (nSPS) is 14.2. The molecule has 0 spiro atoms. The number of unbranched alkanes of at least 4 members (excludes halogenated alkanes) is 16. The number of phosphoric acid groups is 1. The molecule has 0 saturated carbocycles. The Bertz CT molecular complexity index is 1350. The topological polar surface area (TPSA) is 117 Å². The number of phosphoric ester groups is 1. The van der Waals surface area contributed by atoms with E-state index >= 15 is 0 Å². The van der Waals surface area contributed by atoms with Gasteiger partial charge in [0.1, 0.15) is 6.10 Å². The van der Waals surface area contributed by atoms with Gasteiger partial charge in [-0.1, -0.05) is 200 Å².